The van der Waals surface area contributed by atoms with Crippen LogP contribution in [0.15, 0.2) is 72.9 Å². The Morgan fingerprint density at radius 3 is 0.782 bits per heavy atom. The Bertz CT molecular complexity index is 1440. The third kappa shape index (κ3) is 63.7. The second-order valence-electron chi connectivity index (χ2n) is 22.7. The van der Waals surface area contributed by atoms with Gasteiger partial charge in [-0.3, -0.25) is 14.4 Å². The number of esters is 3. The maximum atomic E-state index is 12.8. The molecule has 0 radical (unpaired) electrons. The molecule has 0 aromatic carbocycles. The van der Waals surface area contributed by atoms with Gasteiger partial charge in [-0.05, 0) is 70.6 Å². The Labute approximate surface area is 484 Å². The van der Waals surface area contributed by atoms with Gasteiger partial charge in [0.05, 0.1) is 0 Å². The van der Waals surface area contributed by atoms with Gasteiger partial charge in [0.2, 0.25) is 0 Å². The molecular weight excluding hydrogens is 961 g/mol. The first-order valence-electron chi connectivity index (χ1n) is 33.9. The quantitative estimate of drug-likeness (QED) is 0.0261. The molecule has 0 bridgehead atoms. The summed E-state index contributed by atoms with van der Waals surface area (Å²) in [6, 6.07) is 0. The molecule has 6 nitrogen and oxygen atoms in total. The van der Waals surface area contributed by atoms with Crippen LogP contribution in [-0.4, -0.2) is 37.2 Å². The summed E-state index contributed by atoms with van der Waals surface area (Å²) in [5, 5.41) is 0. The van der Waals surface area contributed by atoms with E-state index < -0.39 is 6.10 Å². The average Bonchev–Trinajstić information content (AvgIpc) is 3.44. The summed E-state index contributed by atoms with van der Waals surface area (Å²) in [5.74, 6) is -0.869. The molecule has 0 aliphatic heterocycles. The number of rotatable bonds is 62. The highest BCUT2D eigenvalue weighted by atomic mass is 16.6. The van der Waals surface area contributed by atoms with E-state index in [0.29, 0.717) is 19.3 Å². The first-order chi connectivity index (χ1) is 38.5. The molecule has 0 aromatic heterocycles. The van der Waals surface area contributed by atoms with Crippen molar-refractivity contribution < 1.29 is 28.6 Å². The van der Waals surface area contributed by atoms with Gasteiger partial charge in [0.1, 0.15) is 13.2 Å². The summed E-state index contributed by atoms with van der Waals surface area (Å²) in [6.45, 7) is 6.49. The van der Waals surface area contributed by atoms with Crippen LogP contribution in [0.2, 0.25) is 0 Å². The van der Waals surface area contributed by atoms with Crippen LogP contribution in [0.4, 0.5) is 0 Å². The fourth-order valence-corrected chi connectivity index (χ4v) is 9.92. The van der Waals surface area contributed by atoms with Crippen LogP contribution < -0.4 is 0 Å². The number of carbonyl (C=O) groups excluding carboxylic acids is 3. The van der Waals surface area contributed by atoms with Crippen molar-refractivity contribution in [3.05, 3.63) is 72.9 Å². The second-order valence-corrected chi connectivity index (χ2v) is 22.7. The van der Waals surface area contributed by atoms with Crippen molar-refractivity contribution in [3.63, 3.8) is 0 Å². The Balaban J connectivity index is 3.98. The summed E-state index contributed by atoms with van der Waals surface area (Å²) in [4.78, 5) is 38.0. The van der Waals surface area contributed by atoms with Gasteiger partial charge in [-0.1, -0.05) is 331 Å². The minimum atomic E-state index is -0.770. The first kappa shape index (κ1) is 74.8. The van der Waals surface area contributed by atoms with Gasteiger partial charge < -0.3 is 14.2 Å². The van der Waals surface area contributed by atoms with E-state index >= 15 is 0 Å². The lowest BCUT2D eigenvalue weighted by Crippen LogP contribution is -2.30. The fourth-order valence-electron chi connectivity index (χ4n) is 9.92. The van der Waals surface area contributed by atoms with Crippen molar-refractivity contribution in [2.45, 2.75) is 354 Å². The van der Waals surface area contributed by atoms with Crippen LogP contribution in [0.5, 0.6) is 0 Å². The van der Waals surface area contributed by atoms with Crippen molar-refractivity contribution in [2.75, 3.05) is 13.2 Å². The summed E-state index contributed by atoms with van der Waals surface area (Å²) in [5.41, 5.74) is 0. The molecular formula is C72H128O6. The molecule has 0 heterocycles. The summed E-state index contributed by atoms with van der Waals surface area (Å²) >= 11 is 0. The molecule has 0 aromatic rings. The van der Waals surface area contributed by atoms with Gasteiger partial charge in [0, 0.05) is 19.3 Å². The highest BCUT2D eigenvalue weighted by Crippen LogP contribution is 2.18. The summed E-state index contributed by atoms with van der Waals surface area (Å²) in [6.07, 6.45) is 86.9. The Morgan fingerprint density at radius 2 is 0.500 bits per heavy atom. The highest BCUT2D eigenvalue weighted by molar-refractivity contribution is 5.71. The van der Waals surface area contributed by atoms with Crippen LogP contribution in [0.3, 0.4) is 0 Å². The molecule has 0 spiro atoms. The molecule has 0 amide bonds. The summed E-state index contributed by atoms with van der Waals surface area (Å²) in [7, 11) is 0. The smallest absolute Gasteiger partial charge is 0.306 e. The normalized spacial score (nSPS) is 12.5. The lowest BCUT2D eigenvalue weighted by molar-refractivity contribution is -0.167. The van der Waals surface area contributed by atoms with E-state index in [-0.39, 0.29) is 31.1 Å². The van der Waals surface area contributed by atoms with Crippen LogP contribution in [0.25, 0.3) is 0 Å². The number of hydrogen-bond acceptors (Lipinski definition) is 6. The molecule has 6 heteroatoms. The van der Waals surface area contributed by atoms with Crippen molar-refractivity contribution in [2.24, 2.45) is 0 Å². The standard InChI is InChI=1S/C72H128O6/c1-4-7-10-13-15-17-19-21-23-25-27-29-31-33-34-35-36-37-38-39-41-42-44-46-48-50-52-54-56-59-62-65-71(74)77-68-69(67-76-70(73)64-61-58-12-9-6-3)78-72(75)66-63-60-57-55-53-51-49-47-45-43-40-32-30-28-26-24-22-20-18-16-14-11-8-5-2/h7,10,15,17,21,23,27,29,33-34,36-37,69H,4-6,8-9,11-14,16,18-20,22,24-26,28,30-32,35,38-68H2,1-3H3/b10-7-,17-15-,23-21-,29-27-,34-33-,37-36-. The number of hydrogen-bond donors (Lipinski definition) is 0. The van der Waals surface area contributed by atoms with Crippen LogP contribution in [0, 0.1) is 0 Å². The number of allylic oxidation sites excluding steroid dienone is 12. The number of carbonyl (C=O) groups is 3. The van der Waals surface area contributed by atoms with E-state index in [1.807, 2.05) is 0 Å². The van der Waals surface area contributed by atoms with Crippen molar-refractivity contribution >= 4 is 17.9 Å². The molecule has 0 fully saturated rings. The maximum absolute atomic E-state index is 12.8. The molecule has 452 valence electrons. The van der Waals surface area contributed by atoms with Gasteiger partial charge >= 0.3 is 17.9 Å². The molecule has 0 aliphatic carbocycles. The van der Waals surface area contributed by atoms with E-state index in [0.717, 1.165) is 103 Å². The number of ether oxygens (including phenoxy) is 3. The molecule has 0 aliphatic rings. The van der Waals surface area contributed by atoms with E-state index in [2.05, 4.69) is 93.7 Å². The third-order valence-electron chi connectivity index (χ3n) is 15.0. The molecule has 0 N–H and O–H groups in total. The minimum Gasteiger partial charge on any atom is -0.462 e. The average molecular weight is 1090 g/mol. The predicted molar refractivity (Wildman–Crippen MR) is 339 cm³/mol. The monoisotopic (exact) mass is 1090 g/mol. The second kappa shape index (κ2) is 66.4. The lowest BCUT2D eigenvalue weighted by Gasteiger charge is -2.18. The molecule has 1 unspecified atom stereocenters. The van der Waals surface area contributed by atoms with Gasteiger partial charge in [0.25, 0.3) is 0 Å². The zero-order chi connectivity index (χ0) is 56.4. The first-order valence-corrected chi connectivity index (χ1v) is 33.9. The molecule has 0 saturated carbocycles. The van der Waals surface area contributed by atoms with Crippen molar-refractivity contribution in [3.8, 4) is 0 Å². The zero-order valence-corrected chi connectivity index (χ0v) is 51.9. The van der Waals surface area contributed by atoms with Gasteiger partial charge in [-0.25, -0.2) is 0 Å². The fraction of sp³-hybridized carbons (Fsp3) is 0.792. The third-order valence-corrected chi connectivity index (χ3v) is 15.0. The largest absolute Gasteiger partial charge is 0.462 e. The summed E-state index contributed by atoms with van der Waals surface area (Å²) < 4.78 is 16.8. The van der Waals surface area contributed by atoms with E-state index in [4.69, 9.17) is 14.2 Å². The van der Waals surface area contributed by atoms with Crippen molar-refractivity contribution in [1.82, 2.24) is 0 Å². The van der Waals surface area contributed by atoms with E-state index in [1.54, 1.807) is 0 Å². The molecule has 1 atom stereocenters. The molecule has 0 saturated heterocycles. The Morgan fingerprint density at radius 1 is 0.269 bits per heavy atom. The minimum absolute atomic E-state index is 0.0721. The topological polar surface area (TPSA) is 78.9 Å². The molecule has 0 rings (SSSR count). The van der Waals surface area contributed by atoms with Gasteiger partial charge in [-0.15, -0.1) is 0 Å². The van der Waals surface area contributed by atoms with Crippen molar-refractivity contribution in [1.29, 1.82) is 0 Å². The zero-order valence-electron chi connectivity index (χ0n) is 51.9. The Kier molecular flexibility index (Phi) is 63.7. The maximum Gasteiger partial charge on any atom is 0.306 e. The Hall–Kier alpha value is -3.15. The highest BCUT2D eigenvalue weighted by Gasteiger charge is 2.19. The number of unbranched alkanes of at least 4 members (excludes halogenated alkanes) is 39. The van der Waals surface area contributed by atoms with Gasteiger partial charge in [-0.2, -0.15) is 0 Å². The van der Waals surface area contributed by atoms with Gasteiger partial charge in [0.15, 0.2) is 6.10 Å². The van der Waals surface area contributed by atoms with E-state index in [9.17, 15) is 14.4 Å². The van der Waals surface area contributed by atoms with Crippen LogP contribution in [-0.2, 0) is 28.6 Å². The van der Waals surface area contributed by atoms with Crippen LogP contribution in [0.1, 0.15) is 348 Å². The van der Waals surface area contributed by atoms with E-state index in [1.165, 1.54) is 205 Å². The SMILES string of the molecule is CC/C=C\C/C=C\C/C=C\C/C=C\C/C=C\C/C=C\CCCCCCCCCCCCCCC(=O)OCC(COC(=O)CCCCCCC)OC(=O)CCCCCCCCCCCCCCCCCCCCCCCCCC. The predicted octanol–water partition coefficient (Wildman–Crippen LogP) is 23.3. The molecule has 78 heavy (non-hydrogen) atoms. The van der Waals surface area contributed by atoms with Crippen LogP contribution >= 0.6 is 0 Å². The lowest BCUT2D eigenvalue weighted by atomic mass is 10.0.